The van der Waals surface area contributed by atoms with Gasteiger partial charge in [0.1, 0.15) is 0 Å². The number of halogens is 2. The molecule has 0 aliphatic heterocycles. The normalized spacial score (nSPS) is 11.9. The molecule has 0 unspecified atom stereocenters. The van der Waals surface area contributed by atoms with Crippen LogP contribution >= 0.6 is 17.0 Å². The number of hydrogen-bond donors (Lipinski definition) is 0. The van der Waals surface area contributed by atoms with E-state index in [0.29, 0.717) is 17.8 Å². The molecular weight excluding hydrogens is 510 g/mol. The third-order valence-corrected chi connectivity index (χ3v) is 6.00. The van der Waals surface area contributed by atoms with Crippen LogP contribution in [0.1, 0.15) is 96.4 Å². The van der Waals surface area contributed by atoms with Crippen LogP contribution in [0.4, 0.5) is 0 Å². The second-order valence-electron chi connectivity index (χ2n) is 11.0. The quantitative estimate of drug-likeness (QED) is 0.278. The van der Waals surface area contributed by atoms with Crippen molar-refractivity contribution >= 4 is 27.8 Å². The molecule has 0 fully saturated rings. The second kappa shape index (κ2) is 11.8. The monoisotopic (exact) mass is 547 g/mol. The molecule has 3 aromatic carbocycles. The summed E-state index contributed by atoms with van der Waals surface area (Å²) >= 11 is -0.826. The van der Waals surface area contributed by atoms with E-state index in [0.717, 1.165) is 6.42 Å². The van der Waals surface area contributed by atoms with Crippen LogP contribution in [0, 0.1) is 5.92 Å². The van der Waals surface area contributed by atoms with Gasteiger partial charge in [-0.1, -0.05) is 91.6 Å². The van der Waals surface area contributed by atoms with E-state index >= 15 is 0 Å². The number of hydrogen-bond acceptors (Lipinski definition) is 0. The van der Waals surface area contributed by atoms with Gasteiger partial charge in [-0.2, -0.15) is 6.07 Å². The van der Waals surface area contributed by atoms with E-state index in [1.807, 2.05) is 0 Å². The summed E-state index contributed by atoms with van der Waals surface area (Å²) in [6, 6.07) is 16.8. The average Bonchev–Trinajstić information content (AvgIpc) is 3.08. The molecule has 0 aliphatic carbocycles. The van der Waals surface area contributed by atoms with Crippen molar-refractivity contribution < 1.29 is 20.8 Å². The fraction of sp³-hybridized carbons (Fsp3) is 0.483. The summed E-state index contributed by atoms with van der Waals surface area (Å²) < 4.78 is 0. The molecule has 0 aliphatic rings. The second-order valence-corrected chi connectivity index (χ2v) is 14.7. The Kier molecular flexibility index (Phi) is 10.2. The molecule has 3 heteroatoms. The van der Waals surface area contributed by atoms with E-state index in [1.165, 1.54) is 44.2 Å². The standard InChI is InChI=1S/C29H39.2ClH.Zr/c1-18(2)12-21-13-22-10-11-27(29(7,8)9)28(26(22)14-21)25-16-23(19(3)4)15-24(17-25)20(5)6;;;/h10-11,13-20H,12H2,1-9H3;2*1H;/q-1;;;+2/p-2. The zero-order valence-electron chi connectivity index (χ0n) is 21.2. The van der Waals surface area contributed by atoms with Crippen molar-refractivity contribution in [2.24, 2.45) is 5.92 Å². The predicted octanol–water partition coefficient (Wildman–Crippen LogP) is 10.3. The van der Waals surface area contributed by atoms with E-state index in [2.05, 4.69) is 105 Å². The first-order chi connectivity index (χ1) is 14.9. The third-order valence-electron chi connectivity index (χ3n) is 6.00. The van der Waals surface area contributed by atoms with E-state index < -0.39 is 20.8 Å². The van der Waals surface area contributed by atoms with Crippen LogP contribution in [0.3, 0.4) is 0 Å². The fourth-order valence-corrected chi connectivity index (χ4v) is 4.36. The summed E-state index contributed by atoms with van der Waals surface area (Å²) in [6.07, 6.45) is 1.14. The van der Waals surface area contributed by atoms with E-state index in [1.54, 1.807) is 0 Å². The van der Waals surface area contributed by atoms with Gasteiger partial charge in [0.2, 0.25) is 0 Å². The van der Waals surface area contributed by atoms with Gasteiger partial charge in [0, 0.05) is 0 Å². The molecule has 0 heterocycles. The predicted molar refractivity (Wildman–Crippen MR) is 142 cm³/mol. The van der Waals surface area contributed by atoms with Crippen LogP contribution in [-0.4, -0.2) is 0 Å². The Hall–Kier alpha value is -0.487. The van der Waals surface area contributed by atoms with Gasteiger partial charge in [0.15, 0.2) is 0 Å². The van der Waals surface area contributed by atoms with Crippen LogP contribution < -0.4 is 0 Å². The van der Waals surface area contributed by atoms with Gasteiger partial charge in [-0.3, -0.25) is 0 Å². The third kappa shape index (κ3) is 7.01. The summed E-state index contributed by atoms with van der Waals surface area (Å²) in [5, 5.41) is 2.80. The molecule has 0 bridgehead atoms. The van der Waals surface area contributed by atoms with Crippen LogP contribution in [-0.2, 0) is 32.7 Å². The first kappa shape index (κ1) is 27.8. The summed E-state index contributed by atoms with van der Waals surface area (Å²) in [6.45, 7) is 20.8. The molecule has 0 spiro atoms. The van der Waals surface area contributed by atoms with Gasteiger partial charge in [-0.05, 0) is 46.3 Å². The molecule has 0 aromatic heterocycles. The van der Waals surface area contributed by atoms with Gasteiger partial charge in [-0.25, -0.2) is 0 Å². The molecule has 0 saturated carbocycles. The van der Waals surface area contributed by atoms with Crippen molar-refractivity contribution in [2.45, 2.75) is 86.0 Å². The van der Waals surface area contributed by atoms with Crippen LogP contribution in [0.5, 0.6) is 0 Å². The average molecular weight is 550 g/mol. The number of fused-ring (bicyclic) bond motifs is 1. The van der Waals surface area contributed by atoms with Crippen molar-refractivity contribution in [2.75, 3.05) is 0 Å². The van der Waals surface area contributed by atoms with E-state index in [-0.39, 0.29) is 5.41 Å². The zero-order chi connectivity index (χ0) is 24.2. The van der Waals surface area contributed by atoms with Crippen molar-refractivity contribution in [3.63, 3.8) is 0 Å². The van der Waals surface area contributed by atoms with Gasteiger partial charge < -0.3 is 0 Å². The Morgan fingerprint density at radius 3 is 1.81 bits per heavy atom. The van der Waals surface area contributed by atoms with Crippen LogP contribution in [0.25, 0.3) is 21.9 Å². The first-order valence-corrected chi connectivity index (χ1v) is 18.1. The van der Waals surface area contributed by atoms with Crippen molar-refractivity contribution in [3.05, 3.63) is 64.7 Å². The minimum absolute atomic E-state index is 0.102. The topological polar surface area (TPSA) is 0 Å². The molecule has 3 aromatic rings. The van der Waals surface area contributed by atoms with Crippen LogP contribution in [0.15, 0.2) is 42.5 Å². The Labute approximate surface area is 215 Å². The Balaban J connectivity index is 0.00000114. The summed E-state index contributed by atoms with van der Waals surface area (Å²) in [4.78, 5) is 0. The summed E-state index contributed by atoms with van der Waals surface area (Å²) in [5.41, 5.74) is 8.72. The van der Waals surface area contributed by atoms with Gasteiger partial charge in [0.25, 0.3) is 0 Å². The van der Waals surface area contributed by atoms with Crippen molar-refractivity contribution in [1.82, 2.24) is 0 Å². The molecule has 0 atom stereocenters. The maximum absolute atomic E-state index is 4.93. The molecule has 0 N–H and O–H groups in total. The van der Waals surface area contributed by atoms with Crippen molar-refractivity contribution in [1.29, 1.82) is 0 Å². The Morgan fingerprint density at radius 2 is 1.38 bits per heavy atom. The van der Waals surface area contributed by atoms with Crippen molar-refractivity contribution in [3.8, 4) is 11.1 Å². The molecule has 0 saturated heterocycles. The maximum atomic E-state index is 4.93. The SMILES string of the molecule is CC(C)Cc1cc2c(-c3cc(C(C)C)cc(C(C)C)c3)c(C(C)(C)C)ccc2[cH-]1.[Cl][Zr][Cl]. The van der Waals surface area contributed by atoms with Gasteiger partial charge in [-0.15, -0.1) is 34.5 Å². The molecule has 0 radical (unpaired) electrons. The molecule has 0 amide bonds. The Morgan fingerprint density at radius 1 is 0.844 bits per heavy atom. The number of rotatable bonds is 5. The summed E-state index contributed by atoms with van der Waals surface area (Å²) in [7, 11) is 9.87. The van der Waals surface area contributed by atoms with E-state index in [4.69, 9.17) is 17.0 Å². The number of benzene rings is 2. The van der Waals surface area contributed by atoms with Crippen LogP contribution in [0.2, 0.25) is 0 Å². The van der Waals surface area contributed by atoms with Gasteiger partial charge >= 0.3 is 37.9 Å². The molecular formula is C29H39Cl2Zr-. The zero-order valence-corrected chi connectivity index (χ0v) is 25.2. The Bertz CT molecular complexity index is 993. The molecule has 3 rings (SSSR count). The minimum atomic E-state index is -0.826. The molecule has 32 heavy (non-hydrogen) atoms. The summed E-state index contributed by atoms with van der Waals surface area (Å²) in [5.74, 6) is 1.73. The first-order valence-electron chi connectivity index (χ1n) is 11.7. The van der Waals surface area contributed by atoms with Gasteiger partial charge in [0.05, 0.1) is 0 Å². The molecule has 174 valence electrons. The molecule has 0 nitrogen and oxygen atoms in total. The fourth-order valence-electron chi connectivity index (χ4n) is 4.36. The van der Waals surface area contributed by atoms with E-state index in [9.17, 15) is 0 Å².